The summed E-state index contributed by atoms with van der Waals surface area (Å²) in [6, 6.07) is 9.50. The van der Waals surface area contributed by atoms with Crippen molar-refractivity contribution in [3.63, 3.8) is 0 Å². The highest BCUT2D eigenvalue weighted by Crippen LogP contribution is 2.26. The second-order valence-corrected chi connectivity index (χ2v) is 10.0. The van der Waals surface area contributed by atoms with Crippen molar-refractivity contribution in [2.24, 2.45) is 0 Å². The second kappa shape index (κ2) is 10.9. The van der Waals surface area contributed by atoms with Crippen LogP contribution >= 0.6 is 46.4 Å². The maximum Gasteiger partial charge on any atom is 0.243 e. The van der Waals surface area contributed by atoms with Gasteiger partial charge in [-0.2, -0.15) is 0 Å². The Morgan fingerprint density at radius 1 is 0.968 bits per heavy atom. The number of rotatable bonds is 7. The van der Waals surface area contributed by atoms with Crippen molar-refractivity contribution >= 4 is 58.2 Å². The molecule has 0 bridgehead atoms. The van der Waals surface area contributed by atoms with Gasteiger partial charge in [0.2, 0.25) is 11.8 Å². The summed E-state index contributed by atoms with van der Waals surface area (Å²) in [6.07, 6.45) is 0.486. The fourth-order valence-corrected chi connectivity index (χ4v) is 3.93. The van der Waals surface area contributed by atoms with E-state index in [0.29, 0.717) is 32.1 Å². The summed E-state index contributed by atoms with van der Waals surface area (Å²) >= 11 is 24.4. The highest BCUT2D eigenvalue weighted by molar-refractivity contribution is 6.42. The Hall–Kier alpha value is -1.46. The predicted molar refractivity (Wildman–Crippen MR) is 129 cm³/mol. The smallest absolute Gasteiger partial charge is 0.243 e. The molecule has 0 unspecified atom stereocenters. The highest BCUT2D eigenvalue weighted by Gasteiger charge is 2.31. The number of carbonyl (C=O) groups is 2. The minimum atomic E-state index is -0.660. The molecule has 4 nitrogen and oxygen atoms in total. The third-order valence-electron chi connectivity index (χ3n) is 4.58. The SMILES string of the molecule is CC[C@H](C(=O)NC(C)(C)C)N(Cc1ccc(Cl)c(Cl)c1)C(=O)Cc1ccc(Cl)cc1Cl. The van der Waals surface area contributed by atoms with Crippen molar-refractivity contribution in [3.8, 4) is 0 Å². The third kappa shape index (κ3) is 7.57. The average molecular weight is 504 g/mol. The summed E-state index contributed by atoms with van der Waals surface area (Å²) in [5, 5.41) is 4.68. The van der Waals surface area contributed by atoms with E-state index in [0.717, 1.165) is 5.56 Å². The van der Waals surface area contributed by atoms with Gasteiger partial charge in [0, 0.05) is 22.1 Å². The van der Waals surface area contributed by atoms with Gasteiger partial charge in [-0.05, 0) is 62.6 Å². The van der Waals surface area contributed by atoms with Gasteiger partial charge in [0.15, 0.2) is 0 Å². The lowest BCUT2D eigenvalue weighted by atomic mass is 10.0. The van der Waals surface area contributed by atoms with Crippen LogP contribution in [-0.4, -0.2) is 28.3 Å². The molecule has 168 valence electrons. The zero-order chi connectivity index (χ0) is 23.3. The summed E-state index contributed by atoms with van der Waals surface area (Å²) in [5.41, 5.74) is 0.982. The lowest BCUT2D eigenvalue weighted by molar-refractivity contribution is -0.141. The summed E-state index contributed by atoms with van der Waals surface area (Å²) in [7, 11) is 0. The zero-order valence-electron chi connectivity index (χ0n) is 17.9. The van der Waals surface area contributed by atoms with Gasteiger partial charge in [-0.1, -0.05) is 65.5 Å². The van der Waals surface area contributed by atoms with Gasteiger partial charge in [-0.15, -0.1) is 0 Å². The molecule has 0 saturated carbocycles. The summed E-state index contributed by atoms with van der Waals surface area (Å²) in [6.45, 7) is 7.77. The molecule has 2 amide bonds. The van der Waals surface area contributed by atoms with E-state index in [9.17, 15) is 9.59 Å². The molecular weight excluding hydrogens is 478 g/mol. The highest BCUT2D eigenvalue weighted by atomic mass is 35.5. The molecule has 0 saturated heterocycles. The Morgan fingerprint density at radius 3 is 2.19 bits per heavy atom. The largest absolute Gasteiger partial charge is 0.350 e. The number of nitrogens with zero attached hydrogens (tertiary/aromatic N) is 1. The van der Waals surface area contributed by atoms with Crippen LogP contribution in [0, 0.1) is 0 Å². The van der Waals surface area contributed by atoms with E-state index in [1.165, 1.54) is 0 Å². The Kier molecular flexibility index (Phi) is 9.08. The van der Waals surface area contributed by atoms with Crippen LogP contribution < -0.4 is 5.32 Å². The Bertz CT molecular complexity index is 957. The number of hydrogen-bond donors (Lipinski definition) is 1. The van der Waals surface area contributed by atoms with Crippen molar-refractivity contribution in [1.82, 2.24) is 10.2 Å². The van der Waals surface area contributed by atoms with Gasteiger partial charge in [0.1, 0.15) is 6.04 Å². The van der Waals surface area contributed by atoms with Gasteiger partial charge >= 0.3 is 0 Å². The molecule has 8 heteroatoms. The van der Waals surface area contributed by atoms with Crippen molar-refractivity contribution in [2.45, 2.75) is 58.7 Å². The fraction of sp³-hybridized carbons (Fsp3) is 0.391. The first-order valence-electron chi connectivity index (χ1n) is 9.90. The maximum atomic E-state index is 13.4. The quantitative estimate of drug-likeness (QED) is 0.464. The first-order valence-corrected chi connectivity index (χ1v) is 11.4. The molecule has 0 aromatic heterocycles. The third-order valence-corrected chi connectivity index (χ3v) is 5.90. The molecule has 2 aromatic carbocycles. The molecule has 1 N–H and O–H groups in total. The summed E-state index contributed by atoms with van der Waals surface area (Å²) < 4.78 is 0. The zero-order valence-corrected chi connectivity index (χ0v) is 21.0. The molecule has 2 aromatic rings. The van der Waals surface area contributed by atoms with E-state index in [2.05, 4.69) is 5.32 Å². The maximum absolute atomic E-state index is 13.4. The molecule has 0 radical (unpaired) electrons. The molecule has 1 atom stereocenters. The minimum Gasteiger partial charge on any atom is -0.350 e. The van der Waals surface area contributed by atoms with Crippen molar-refractivity contribution < 1.29 is 9.59 Å². The summed E-state index contributed by atoms with van der Waals surface area (Å²) in [5.74, 6) is -0.447. The second-order valence-electron chi connectivity index (χ2n) is 8.35. The number of halogens is 4. The predicted octanol–water partition coefficient (Wildman–Crippen LogP) is 6.56. The van der Waals surface area contributed by atoms with E-state index >= 15 is 0 Å². The monoisotopic (exact) mass is 502 g/mol. The van der Waals surface area contributed by atoms with Crippen LogP contribution in [0.25, 0.3) is 0 Å². The normalized spacial score (nSPS) is 12.4. The molecule has 2 rings (SSSR count). The molecule has 31 heavy (non-hydrogen) atoms. The number of amides is 2. The number of nitrogens with one attached hydrogen (secondary N) is 1. The minimum absolute atomic E-state index is 0.0383. The summed E-state index contributed by atoms with van der Waals surface area (Å²) in [4.78, 5) is 27.9. The topological polar surface area (TPSA) is 49.4 Å². The Balaban J connectivity index is 2.38. The molecular formula is C23H26Cl4N2O2. The lowest BCUT2D eigenvalue weighted by Gasteiger charge is -2.33. The van der Waals surface area contributed by atoms with E-state index < -0.39 is 11.6 Å². The van der Waals surface area contributed by atoms with E-state index in [1.807, 2.05) is 27.7 Å². The van der Waals surface area contributed by atoms with Crippen LogP contribution in [0.15, 0.2) is 36.4 Å². The standard InChI is InChI=1S/C23H26Cl4N2O2/c1-5-20(22(31)28-23(2,3)4)29(13-14-6-9-17(25)19(27)10-14)21(30)11-15-7-8-16(24)12-18(15)26/h6-10,12,20H,5,11,13H2,1-4H3,(H,28,31)/t20-/m1/s1. The van der Waals surface area contributed by atoms with Gasteiger partial charge in [0.25, 0.3) is 0 Å². The molecule has 0 heterocycles. The molecule has 0 aliphatic rings. The van der Waals surface area contributed by atoms with Gasteiger partial charge in [-0.3, -0.25) is 9.59 Å². The van der Waals surface area contributed by atoms with Crippen molar-refractivity contribution in [3.05, 3.63) is 67.6 Å². The van der Waals surface area contributed by atoms with Gasteiger partial charge < -0.3 is 10.2 Å². The molecule has 0 spiro atoms. The van der Waals surface area contributed by atoms with Crippen molar-refractivity contribution in [1.29, 1.82) is 0 Å². The van der Waals surface area contributed by atoms with Gasteiger partial charge in [0.05, 0.1) is 16.5 Å². The number of carbonyl (C=O) groups excluding carboxylic acids is 2. The lowest BCUT2D eigenvalue weighted by Crippen LogP contribution is -2.53. The Morgan fingerprint density at radius 2 is 1.65 bits per heavy atom. The van der Waals surface area contributed by atoms with Crippen LogP contribution in [0.4, 0.5) is 0 Å². The molecule has 0 aliphatic heterocycles. The molecule has 0 aliphatic carbocycles. The van der Waals surface area contributed by atoms with Crippen molar-refractivity contribution in [2.75, 3.05) is 0 Å². The van der Waals surface area contributed by atoms with Crippen LogP contribution in [0.5, 0.6) is 0 Å². The van der Waals surface area contributed by atoms with E-state index in [1.54, 1.807) is 41.3 Å². The van der Waals surface area contributed by atoms with E-state index in [-0.39, 0.29) is 24.8 Å². The first-order chi connectivity index (χ1) is 14.4. The number of benzene rings is 2. The fourth-order valence-electron chi connectivity index (χ4n) is 3.14. The van der Waals surface area contributed by atoms with Crippen LogP contribution in [0.1, 0.15) is 45.2 Å². The van der Waals surface area contributed by atoms with Gasteiger partial charge in [-0.25, -0.2) is 0 Å². The average Bonchev–Trinajstić information content (AvgIpc) is 2.65. The molecule has 0 fully saturated rings. The van der Waals surface area contributed by atoms with Crippen LogP contribution in [0.2, 0.25) is 20.1 Å². The first kappa shape index (κ1) is 25.8. The van der Waals surface area contributed by atoms with Crippen LogP contribution in [-0.2, 0) is 22.6 Å². The van der Waals surface area contributed by atoms with Crippen LogP contribution in [0.3, 0.4) is 0 Å². The van der Waals surface area contributed by atoms with E-state index in [4.69, 9.17) is 46.4 Å². The number of hydrogen-bond acceptors (Lipinski definition) is 2. The Labute approximate surface area is 203 Å².